The van der Waals surface area contributed by atoms with Crippen LogP contribution < -0.4 is 0 Å². The second kappa shape index (κ2) is 3.17. The van der Waals surface area contributed by atoms with Crippen LogP contribution in [0, 0.1) is 0 Å². The summed E-state index contributed by atoms with van der Waals surface area (Å²) in [4.78, 5) is 15.7. The second-order valence-corrected chi connectivity index (χ2v) is 4.36. The Balaban J connectivity index is 2.30. The molecule has 0 bridgehead atoms. The second-order valence-electron chi connectivity index (χ2n) is 3.35. The van der Waals surface area contributed by atoms with Crippen LogP contribution in [0.15, 0.2) is 30.6 Å². The molecule has 0 spiro atoms. The van der Waals surface area contributed by atoms with Crippen LogP contribution in [0.1, 0.15) is 5.56 Å². The van der Waals surface area contributed by atoms with Gasteiger partial charge in [-0.1, -0.05) is 17.4 Å². The number of hydrogen-bond donors (Lipinski definition) is 0. The minimum Gasteiger partial charge on any atom is -0.303 e. The van der Waals surface area contributed by atoms with E-state index in [1.54, 1.807) is 17.5 Å². The zero-order chi connectivity index (χ0) is 10.3. The summed E-state index contributed by atoms with van der Waals surface area (Å²) in [6.07, 6.45) is 5.16. The van der Waals surface area contributed by atoms with Gasteiger partial charge in [0.2, 0.25) is 0 Å². The minimum absolute atomic E-state index is 0.482. The van der Waals surface area contributed by atoms with E-state index in [1.165, 1.54) is 4.70 Å². The van der Waals surface area contributed by atoms with E-state index < -0.39 is 0 Å². The number of nitrogens with zero attached hydrogens (tertiary/aromatic N) is 2. The maximum absolute atomic E-state index is 10.4. The van der Waals surface area contributed by atoms with Crippen LogP contribution in [0.4, 0.5) is 0 Å². The molecule has 0 N–H and O–H groups in total. The molecule has 2 heterocycles. The van der Waals surface area contributed by atoms with Gasteiger partial charge in [-0.2, -0.15) is 0 Å². The summed E-state index contributed by atoms with van der Waals surface area (Å²) in [6, 6.07) is 6.09. The Kier molecular flexibility index (Phi) is 1.82. The third-order valence-electron chi connectivity index (χ3n) is 2.41. The first kappa shape index (κ1) is 8.61. The first-order valence-corrected chi connectivity index (χ1v) is 5.48. The summed E-state index contributed by atoms with van der Waals surface area (Å²) in [7, 11) is 0. The Morgan fingerprint density at radius 2 is 2.40 bits per heavy atom. The molecule has 0 saturated carbocycles. The lowest BCUT2D eigenvalue weighted by atomic mass is 10.2. The van der Waals surface area contributed by atoms with Gasteiger partial charge in [-0.25, -0.2) is 4.98 Å². The number of fused-ring (bicyclic) bond motifs is 3. The zero-order valence-electron chi connectivity index (χ0n) is 7.88. The van der Waals surface area contributed by atoms with Gasteiger partial charge in [0, 0.05) is 18.8 Å². The van der Waals surface area contributed by atoms with Crippen LogP contribution >= 0.6 is 11.3 Å². The lowest BCUT2D eigenvalue weighted by Crippen LogP contribution is -1.85. The van der Waals surface area contributed by atoms with E-state index in [-0.39, 0.29) is 0 Å². The fourth-order valence-corrected chi connectivity index (χ4v) is 2.76. The molecule has 0 fully saturated rings. The van der Waals surface area contributed by atoms with Crippen molar-refractivity contribution in [1.82, 2.24) is 9.38 Å². The summed E-state index contributed by atoms with van der Waals surface area (Å²) < 4.78 is 3.24. The first-order chi connectivity index (χ1) is 7.38. The molecule has 3 aromatic rings. The topological polar surface area (TPSA) is 34.4 Å². The summed E-state index contributed by atoms with van der Waals surface area (Å²) in [5, 5.41) is 0. The summed E-state index contributed by atoms with van der Waals surface area (Å²) in [5.41, 5.74) is 2.21. The van der Waals surface area contributed by atoms with Crippen LogP contribution in [0.5, 0.6) is 0 Å². The lowest BCUT2D eigenvalue weighted by Gasteiger charge is -1.95. The average Bonchev–Trinajstić information content (AvgIpc) is 2.77. The van der Waals surface area contributed by atoms with Gasteiger partial charge in [0.05, 0.1) is 10.2 Å². The fraction of sp³-hybridized carbons (Fsp3) is 0.0909. The number of carbonyl (C=O) groups excluding carboxylic acids is 1. The number of thiazole rings is 1. The maximum Gasteiger partial charge on any atom is 0.194 e. The van der Waals surface area contributed by atoms with Gasteiger partial charge in [-0.05, 0) is 17.7 Å². The van der Waals surface area contributed by atoms with E-state index >= 15 is 0 Å². The molecule has 3 rings (SSSR count). The van der Waals surface area contributed by atoms with E-state index in [4.69, 9.17) is 0 Å². The molecule has 0 atom stereocenters. The number of benzene rings is 1. The molecule has 1 aromatic carbocycles. The molecule has 0 saturated heterocycles. The van der Waals surface area contributed by atoms with Gasteiger partial charge in [0.25, 0.3) is 0 Å². The largest absolute Gasteiger partial charge is 0.303 e. The van der Waals surface area contributed by atoms with Gasteiger partial charge in [-0.15, -0.1) is 0 Å². The van der Waals surface area contributed by atoms with Crippen LogP contribution in [0.3, 0.4) is 0 Å². The van der Waals surface area contributed by atoms with E-state index in [1.807, 2.05) is 18.3 Å². The quantitative estimate of drug-likeness (QED) is 0.616. The highest BCUT2D eigenvalue weighted by atomic mass is 32.1. The van der Waals surface area contributed by atoms with E-state index in [2.05, 4.69) is 15.5 Å². The van der Waals surface area contributed by atoms with Crippen molar-refractivity contribution < 1.29 is 4.79 Å². The number of carbonyl (C=O) groups is 1. The van der Waals surface area contributed by atoms with Crippen LogP contribution in [-0.4, -0.2) is 15.7 Å². The van der Waals surface area contributed by atoms with Crippen molar-refractivity contribution in [3.8, 4) is 0 Å². The zero-order valence-corrected chi connectivity index (χ0v) is 8.70. The molecule has 0 amide bonds. The summed E-state index contributed by atoms with van der Waals surface area (Å²) >= 11 is 1.64. The van der Waals surface area contributed by atoms with Gasteiger partial charge in [0.1, 0.15) is 6.29 Å². The summed E-state index contributed by atoms with van der Waals surface area (Å²) in [6.45, 7) is 0. The minimum atomic E-state index is 0.482. The third-order valence-corrected chi connectivity index (χ3v) is 3.44. The number of aromatic nitrogens is 2. The van der Waals surface area contributed by atoms with Crippen molar-refractivity contribution in [3.05, 3.63) is 36.2 Å². The predicted octanol–water partition coefficient (Wildman–Crippen LogP) is 2.29. The van der Waals surface area contributed by atoms with E-state index in [0.29, 0.717) is 6.42 Å². The van der Waals surface area contributed by atoms with Crippen molar-refractivity contribution >= 4 is 32.8 Å². The van der Waals surface area contributed by atoms with E-state index in [0.717, 1.165) is 22.3 Å². The van der Waals surface area contributed by atoms with Crippen LogP contribution in [-0.2, 0) is 11.2 Å². The van der Waals surface area contributed by atoms with Crippen LogP contribution in [0.25, 0.3) is 15.2 Å². The van der Waals surface area contributed by atoms with Gasteiger partial charge in [-0.3, -0.25) is 4.40 Å². The molecule has 3 nitrogen and oxygen atoms in total. The lowest BCUT2D eigenvalue weighted by molar-refractivity contribution is -0.107. The van der Waals surface area contributed by atoms with Crippen LogP contribution in [0.2, 0.25) is 0 Å². The SMILES string of the molecule is O=CCc1ccc2c(c1)sc1nccn12. The fourth-order valence-electron chi connectivity index (χ4n) is 1.71. The molecule has 0 aliphatic heterocycles. The van der Waals surface area contributed by atoms with Crippen molar-refractivity contribution in [1.29, 1.82) is 0 Å². The standard InChI is InChI=1S/C11H8N2OS/c14-6-3-8-1-2-9-10(7-8)15-11-12-4-5-13(9)11/h1-2,4-7H,3H2. The Morgan fingerprint density at radius 1 is 1.47 bits per heavy atom. The molecule has 0 aliphatic carbocycles. The molecule has 0 radical (unpaired) electrons. The Bertz CT molecular complexity index is 638. The third kappa shape index (κ3) is 1.26. The molecule has 0 aliphatic rings. The van der Waals surface area contributed by atoms with Crippen molar-refractivity contribution in [2.45, 2.75) is 6.42 Å². The Hall–Kier alpha value is -1.68. The monoisotopic (exact) mass is 216 g/mol. The molecule has 15 heavy (non-hydrogen) atoms. The Morgan fingerprint density at radius 3 is 3.27 bits per heavy atom. The van der Waals surface area contributed by atoms with Crippen molar-refractivity contribution in [2.75, 3.05) is 0 Å². The van der Waals surface area contributed by atoms with E-state index in [9.17, 15) is 4.79 Å². The van der Waals surface area contributed by atoms with Crippen molar-refractivity contribution in [2.24, 2.45) is 0 Å². The Labute approximate surface area is 90.0 Å². The highest BCUT2D eigenvalue weighted by molar-refractivity contribution is 7.23. The average molecular weight is 216 g/mol. The van der Waals surface area contributed by atoms with Gasteiger partial charge < -0.3 is 4.79 Å². The summed E-state index contributed by atoms with van der Waals surface area (Å²) in [5.74, 6) is 0. The number of hydrogen-bond acceptors (Lipinski definition) is 3. The normalized spacial score (nSPS) is 11.2. The smallest absolute Gasteiger partial charge is 0.194 e. The predicted molar refractivity (Wildman–Crippen MR) is 60.3 cm³/mol. The molecule has 2 aromatic heterocycles. The highest BCUT2D eigenvalue weighted by Crippen LogP contribution is 2.26. The number of imidazole rings is 1. The molecule has 74 valence electrons. The van der Waals surface area contributed by atoms with Gasteiger partial charge in [0.15, 0.2) is 4.96 Å². The number of rotatable bonds is 2. The molecule has 4 heteroatoms. The molecular formula is C11H8N2OS. The number of aldehydes is 1. The highest BCUT2D eigenvalue weighted by Gasteiger charge is 2.05. The molecular weight excluding hydrogens is 208 g/mol. The van der Waals surface area contributed by atoms with Crippen molar-refractivity contribution in [3.63, 3.8) is 0 Å². The molecule has 0 unspecified atom stereocenters. The first-order valence-electron chi connectivity index (χ1n) is 4.66. The van der Waals surface area contributed by atoms with Gasteiger partial charge >= 0.3 is 0 Å². The maximum atomic E-state index is 10.4.